The smallest absolute Gasteiger partial charge is 0.158 e. The maximum absolute atomic E-state index is 12.8. The van der Waals surface area contributed by atoms with Gasteiger partial charge in [-0.1, -0.05) is 24.3 Å². The Hall–Kier alpha value is -1.88. The van der Waals surface area contributed by atoms with Crippen molar-refractivity contribution in [1.29, 1.82) is 0 Å². The average Bonchev–Trinajstić information content (AvgIpc) is 2.41. The second-order valence-electron chi connectivity index (χ2n) is 4.51. The molecule has 0 saturated heterocycles. The van der Waals surface area contributed by atoms with Gasteiger partial charge in [-0.3, -0.25) is 0 Å². The molecule has 3 nitrogen and oxygen atoms in total. The Morgan fingerprint density at radius 3 is 2.30 bits per heavy atom. The second kappa shape index (κ2) is 6.05. The molecule has 0 atom stereocenters. The lowest BCUT2D eigenvalue weighted by atomic mass is 10.2. The Kier molecular flexibility index (Phi) is 4.39. The number of hydrogen-bond donors (Lipinski definition) is 0. The van der Waals surface area contributed by atoms with E-state index in [4.69, 9.17) is 4.74 Å². The summed E-state index contributed by atoms with van der Waals surface area (Å²) in [7, 11) is -1.77. The molecule has 0 saturated carbocycles. The van der Waals surface area contributed by atoms with Crippen LogP contribution in [-0.2, 0) is 21.3 Å². The Morgan fingerprint density at radius 1 is 1.00 bits per heavy atom. The summed E-state index contributed by atoms with van der Waals surface area (Å²) in [5, 5.41) is 0. The highest BCUT2D eigenvalue weighted by atomic mass is 32.2. The van der Waals surface area contributed by atoms with Crippen LogP contribution < -0.4 is 4.74 Å². The molecule has 0 unspecified atom stereocenters. The van der Waals surface area contributed by atoms with Crippen LogP contribution in [0.2, 0.25) is 0 Å². The van der Waals surface area contributed by atoms with Crippen molar-refractivity contribution >= 4 is 9.84 Å². The van der Waals surface area contributed by atoms with Gasteiger partial charge in [0.25, 0.3) is 0 Å². The van der Waals surface area contributed by atoms with Crippen molar-refractivity contribution in [3.63, 3.8) is 0 Å². The maximum atomic E-state index is 12.8. The Morgan fingerprint density at radius 2 is 1.65 bits per heavy atom. The predicted molar refractivity (Wildman–Crippen MR) is 75.7 cm³/mol. The fourth-order valence-corrected chi connectivity index (χ4v) is 3.39. The number of halogens is 1. The summed E-state index contributed by atoms with van der Waals surface area (Å²) >= 11 is 0. The van der Waals surface area contributed by atoms with Crippen LogP contribution in [0.3, 0.4) is 0 Å². The molecule has 20 heavy (non-hydrogen) atoms. The van der Waals surface area contributed by atoms with E-state index < -0.39 is 9.84 Å². The third-order valence-corrected chi connectivity index (χ3v) is 4.37. The van der Waals surface area contributed by atoms with E-state index >= 15 is 0 Å². The zero-order valence-electron chi connectivity index (χ0n) is 11.0. The average molecular weight is 294 g/mol. The fourth-order valence-electron chi connectivity index (χ4n) is 1.90. The molecule has 0 bridgehead atoms. The molecular weight excluding hydrogens is 279 g/mol. The predicted octanol–water partition coefficient (Wildman–Crippen LogP) is 2.95. The monoisotopic (exact) mass is 294 g/mol. The molecule has 0 amide bonds. The van der Waals surface area contributed by atoms with E-state index in [2.05, 4.69) is 0 Å². The van der Waals surface area contributed by atoms with Crippen LogP contribution in [0.15, 0.2) is 48.5 Å². The number of rotatable bonds is 5. The summed E-state index contributed by atoms with van der Waals surface area (Å²) in [5.74, 6) is 0.0740. The van der Waals surface area contributed by atoms with Gasteiger partial charge in [0.2, 0.25) is 0 Å². The molecule has 2 rings (SSSR count). The zero-order valence-corrected chi connectivity index (χ0v) is 11.9. The van der Waals surface area contributed by atoms with Crippen molar-refractivity contribution in [2.75, 3.05) is 7.11 Å². The molecule has 0 aliphatic rings. The first-order valence-corrected chi connectivity index (χ1v) is 7.88. The van der Waals surface area contributed by atoms with Crippen molar-refractivity contribution in [2.45, 2.75) is 11.5 Å². The van der Waals surface area contributed by atoms with Crippen LogP contribution in [0, 0.1) is 5.82 Å². The van der Waals surface area contributed by atoms with Crippen molar-refractivity contribution < 1.29 is 17.5 Å². The number of ether oxygens (including phenoxy) is 1. The Balaban J connectivity index is 2.12. The molecule has 0 fully saturated rings. The molecule has 0 spiro atoms. The number of benzene rings is 2. The van der Waals surface area contributed by atoms with E-state index in [-0.39, 0.29) is 17.3 Å². The van der Waals surface area contributed by atoms with Crippen LogP contribution in [0.4, 0.5) is 4.39 Å². The third kappa shape index (κ3) is 4.06. The summed E-state index contributed by atoms with van der Waals surface area (Å²) in [4.78, 5) is 0. The molecule has 106 valence electrons. The van der Waals surface area contributed by atoms with Gasteiger partial charge in [-0.15, -0.1) is 0 Å². The Bertz CT molecular complexity index is 679. The zero-order chi connectivity index (χ0) is 14.6. The minimum Gasteiger partial charge on any atom is -0.497 e. The van der Waals surface area contributed by atoms with E-state index in [1.807, 2.05) is 0 Å². The molecule has 2 aromatic rings. The standard InChI is InChI=1S/C15H15FO3S/c1-19-15-4-2-3-13(9-15)11-20(17,18)10-12-5-7-14(16)8-6-12/h2-9H,10-11H2,1H3. The summed E-state index contributed by atoms with van der Waals surface area (Å²) in [5.41, 5.74) is 1.25. The summed E-state index contributed by atoms with van der Waals surface area (Å²) < 4.78 is 42.1. The highest BCUT2D eigenvalue weighted by Gasteiger charge is 2.13. The molecule has 0 radical (unpaired) electrons. The van der Waals surface area contributed by atoms with Crippen LogP contribution in [0.5, 0.6) is 5.75 Å². The first-order chi connectivity index (χ1) is 9.48. The van der Waals surface area contributed by atoms with E-state index in [0.717, 1.165) is 0 Å². The van der Waals surface area contributed by atoms with Gasteiger partial charge in [-0.2, -0.15) is 0 Å². The van der Waals surface area contributed by atoms with Crippen molar-refractivity contribution in [1.82, 2.24) is 0 Å². The number of hydrogen-bond acceptors (Lipinski definition) is 3. The van der Waals surface area contributed by atoms with Gasteiger partial charge in [-0.05, 0) is 35.4 Å². The highest BCUT2D eigenvalue weighted by Crippen LogP contribution is 2.17. The molecule has 0 aliphatic carbocycles. The van der Waals surface area contributed by atoms with E-state index in [0.29, 0.717) is 16.9 Å². The second-order valence-corrected chi connectivity index (χ2v) is 6.57. The van der Waals surface area contributed by atoms with E-state index in [9.17, 15) is 12.8 Å². The number of methoxy groups -OCH3 is 1. The molecular formula is C15H15FO3S. The number of sulfone groups is 1. The first kappa shape index (κ1) is 14.5. The summed E-state index contributed by atoms with van der Waals surface area (Å²) in [6, 6.07) is 12.4. The van der Waals surface area contributed by atoms with Gasteiger partial charge in [-0.25, -0.2) is 12.8 Å². The minimum atomic E-state index is -3.30. The lowest BCUT2D eigenvalue weighted by Gasteiger charge is -2.06. The topological polar surface area (TPSA) is 43.4 Å². The summed E-state index contributed by atoms with van der Waals surface area (Å²) in [6.07, 6.45) is 0. The van der Waals surface area contributed by atoms with Gasteiger partial charge >= 0.3 is 0 Å². The first-order valence-electron chi connectivity index (χ1n) is 6.06. The molecule has 0 aromatic heterocycles. The molecule has 2 aromatic carbocycles. The largest absolute Gasteiger partial charge is 0.497 e. The third-order valence-electron chi connectivity index (χ3n) is 2.82. The van der Waals surface area contributed by atoms with Gasteiger partial charge in [0, 0.05) is 0 Å². The quantitative estimate of drug-likeness (QED) is 0.851. The van der Waals surface area contributed by atoms with Gasteiger partial charge in [0.05, 0.1) is 18.6 Å². The SMILES string of the molecule is COc1cccc(CS(=O)(=O)Cc2ccc(F)cc2)c1. The van der Waals surface area contributed by atoms with Crippen LogP contribution in [0.1, 0.15) is 11.1 Å². The van der Waals surface area contributed by atoms with Gasteiger partial charge in [0.15, 0.2) is 9.84 Å². The fraction of sp³-hybridized carbons (Fsp3) is 0.200. The molecule has 0 aliphatic heterocycles. The van der Waals surface area contributed by atoms with Crippen LogP contribution in [0.25, 0.3) is 0 Å². The molecule has 0 N–H and O–H groups in total. The van der Waals surface area contributed by atoms with Gasteiger partial charge < -0.3 is 4.74 Å². The van der Waals surface area contributed by atoms with E-state index in [1.165, 1.54) is 31.4 Å². The molecule has 5 heteroatoms. The van der Waals surface area contributed by atoms with Crippen LogP contribution in [-0.4, -0.2) is 15.5 Å². The lowest BCUT2D eigenvalue weighted by Crippen LogP contribution is -2.07. The van der Waals surface area contributed by atoms with Crippen molar-refractivity contribution in [3.8, 4) is 5.75 Å². The van der Waals surface area contributed by atoms with E-state index in [1.54, 1.807) is 24.3 Å². The minimum absolute atomic E-state index is 0.0679. The van der Waals surface area contributed by atoms with Gasteiger partial charge in [0.1, 0.15) is 11.6 Å². The van der Waals surface area contributed by atoms with Crippen molar-refractivity contribution in [3.05, 3.63) is 65.5 Å². The summed E-state index contributed by atoms with van der Waals surface area (Å²) in [6.45, 7) is 0. The maximum Gasteiger partial charge on any atom is 0.158 e. The lowest BCUT2D eigenvalue weighted by molar-refractivity contribution is 0.414. The normalized spacial score (nSPS) is 11.3. The Labute approximate surface area is 117 Å². The molecule has 0 heterocycles. The van der Waals surface area contributed by atoms with Crippen LogP contribution >= 0.6 is 0 Å². The van der Waals surface area contributed by atoms with Crippen molar-refractivity contribution in [2.24, 2.45) is 0 Å². The highest BCUT2D eigenvalue weighted by molar-refractivity contribution is 7.89.